The SMILES string of the molecule is CC(NC(=O)NC1CCCCC1)c1ccc2c(c1)CCC2. The van der Waals surface area contributed by atoms with Gasteiger partial charge in [0.15, 0.2) is 0 Å². The van der Waals surface area contributed by atoms with Crippen LogP contribution in [0.4, 0.5) is 4.79 Å². The second-order valence-electron chi connectivity index (χ2n) is 6.56. The molecule has 0 bridgehead atoms. The number of carbonyl (C=O) groups excluding carboxylic acids is 1. The molecule has 114 valence electrons. The standard InChI is InChI=1S/C18H26N2O/c1-13(15-11-10-14-6-5-7-16(14)12-15)19-18(21)20-17-8-3-2-4-9-17/h10-13,17H,2-9H2,1H3,(H2,19,20,21). The Bertz CT molecular complexity index is 506. The van der Waals surface area contributed by atoms with Crippen molar-refractivity contribution in [2.75, 3.05) is 0 Å². The van der Waals surface area contributed by atoms with Crippen LogP contribution in [-0.4, -0.2) is 12.1 Å². The van der Waals surface area contributed by atoms with Crippen LogP contribution in [0.2, 0.25) is 0 Å². The predicted octanol–water partition coefficient (Wildman–Crippen LogP) is 3.87. The third-order valence-electron chi connectivity index (χ3n) is 4.91. The number of benzene rings is 1. The smallest absolute Gasteiger partial charge is 0.315 e. The van der Waals surface area contributed by atoms with Gasteiger partial charge < -0.3 is 10.6 Å². The number of hydrogen-bond donors (Lipinski definition) is 2. The number of aryl methyl sites for hydroxylation is 2. The topological polar surface area (TPSA) is 41.1 Å². The number of carbonyl (C=O) groups is 1. The van der Waals surface area contributed by atoms with E-state index in [4.69, 9.17) is 0 Å². The number of rotatable bonds is 3. The van der Waals surface area contributed by atoms with Crippen molar-refractivity contribution in [3.05, 3.63) is 34.9 Å². The molecule has 3 heteroatoms. The van der Waals surface area contributed by atoms with Gasteiger partial charge in [-0.1, -0.05) is 37.5 Å². The van der Waals surface area contributed by atoms with Crippen LogP contribution >= 0.6 is 0 Å². The van der Waals surface area contributed by atoms with E-state index in [1.807, 2.05) is 0 Å². The lowest BCUT2D eigenvalue weighted by molar-refractivity contribution is 0.229. The summed E-state index contributed by atoms with van der Waals surface area (Å²) in [4.78, 5) is 12.1. The van der Waals surface area contributed by atoms with E-state index in [1.54, 1.807) is 0 Å². The molecule has 1 unspecified atom stereocenters. The van der Waals surface area contributed by atoms with E-state index >= 15 is 0 Å². The molecule has 0 saturated heterocycles. The molecule has 0 aliphatic heterocycles. The molecule has 3 nitrogen and oxygen atoms in total. The molecule has 1 atom stereocenters. The Morgan fingerprint density at radius 2 is 1.86 bits per heavy atom. The van der Waals surface area contributed by atoms with Crippen LogP contribution in [-0.2, 0) is 12.8 Å². The maximum atomic E-state index is 12.1. The average Bonchev–Trinajstić information content (AvgIpc) is 2.95. The minimum atomic E-state index is -0.0186. The van der Waals surface area contributed by atoms with Crippen LogP contribution in [0.25, 0.3) is 0 Å². The number of nitrogens with one attached hydrogen (secondary N) is 2. The first-order chi connectivity index (χ1) is 10.2. The molecule has 0 aromatic heterocycles. The van der Waals surface area contributed by atoms with Gasteiger partial charge in [0.05, 0.1) is 6.04 Å². The maximum absolute atomic E-state index is 12.1. The minimum absolute atomic E-state index is 0.0186. The van der Waals surface area contributed by atoms with Gasteiger partial charge in [-0.15, -0.1) is 0 Å². The molecular formula is C18H26N2O. The van der Waals surface area contributed by atoms with Crippen LogP contribution in [0.1, 0.15) is 68.2 Å². The molecule has 0 spiro atoms. The summed E-state index contributed by atoms with van der Waals surface area (Å²) in [6, 6.07) is 7.08. The van der Waals surface area contributed by atoms with Crippen molar-refractivity contribution in [2.45, 2.75) is 70.4 Å². The van der Waals surface area contributed by atoms with Crippen LogP contribution in [0.15, 0.2) is 18.2 Å². The second-order valence-corrected chi connectivity index (χ2v) is 6.56. The van der Waals surface area contributed by atoms with Crippen molar-refractivity contribution in [1.29, 1.82) is 0 Å². The van der Waals surface area contributed by atoms with Gasteiger partial charge in [0.2, 0.25) is 0 Å². The first-order valence-corrected chi connectivity index (χ1v) is 8.41. The molecule has 2 aliphatic carbocycles. The average molecular weight is 286 g/mol. The van der Waals surface area contributed by atoms with E-state index < -0.39 is 0 Å². The molecule has 0 heterocycles. The van der Waals surface area contributed by atoms with E-state index in [1.165, 1.54) is 55.2 Å². The number of amides is 2. The van der Waals surface area contributed by atoms with Gasteiger partial charge in [0.25, 0.3) is 0 Å². The van der Waals surface area contributed by atoms with Crippen molar-refractivity contribution in [1.82, 2.24) is 10.6 Å². The zero-order valence-electron chi connectivity index (χ0n) is 13.0. The summed E-state index contributed by atoms with van der Waals surface area (Å²) in [5.74, 6) is 0. The zero-order chi connectivity index (χ0) is 14.7. The van der Waals surface area contributed by atoms with E-state index in [0.29, 0.717) is 6.04 Å². The first-order valence-electron chi connectivity index (χ1n) is 8.41. The molecule has 1 aromatic rings. The Kier molecular flexibility index (Phi) is 4.47. The summed E-state index contributed by atoms with van der Waals surface area (Å²) in [5.41, 5.74) is 4.17. The van der Waals surface area contributed by atoms with Gasteiger partial charge in [-0.3, -0.25) is 0 Å². The van der Waals surface area contributed by atoms with E-state index in [2.05, 4.69) is 35.8 Å². The Morgan fingerprint density at radius 3 is 2.67 bits per heavy atom. The van der Waals surface area contributed by atoms with Gasteiger partial charge in [-0.05, 0) is 55.7 Å². The Morgan fingerprint density at radius 1 is 1.10 bits per heavy atom. The lowest BCUT2D eigenvalue weighted by Crippen LogP contribution is -2.43. The van der Waals surface area contributed by atoms with E-state index in [9.17, 15) is 4.79 Å². The minimum Gasteiger partial charge on any atom is -0.335 e. The quantitative estimate of drug-likeness (QED) is 0.870. The van der Waals surface area contributed by atoms with Gasteiger partial charge in [-0.25, -0.2) is 4.79 Å². The fourth-order valence-corrected chi connectivity index (χ4v) is 3.62. The molecule has 1 saturated carbocycles. The van der Waals surface area contributed by atoms with Crippen LogP contribution < -0.4 is 10.6 Å². The van der Waals surface area contributed by atoms with Crippen LogP contribution in [0.5, 0.6) is 0 Å². The molecule has 1 fully saturated rings. The molecule has 21 heavy (non-hydrogen) atoms. The highest BCUT2D eigenvalue weighted by Crippen LogP contribution is 2.25. The van der Waals surface area contributed by atoms with Crippen molar-refractivity contribution >= 4 is 6.03 Å². The second kappa shape index (κ2) is 6.50. The fourth-order valence-electron chi connectivity index (χ4n) is 3.62. The van der Waals surface area contributed by atoms with Gasteiger partial charge >= 0.3 is 6.03 Å². The van der Waals surface area contributed by atoms with Crippen molar-refractivity contribution in [3.63, 3.8) is 0 Å². The highest BCUT2D eigenvalue weighted by atomic mass is 16.2. The normalized spacial score (nSPS) is 19.9. The predicted molar refractivity (Wildman–Crippen MR) is 85.4 cm³/mol. The first kappa shape index (κ1) is 14.4. The summed E-state index contributed by atoms with van der Waals surface area (Å²) in [6.45, 7) is 2.07. The molecule has 3 rings (SSSR count). The Balaban J connectivity index is 1.55. The summed E-state index contributed by atoms with van der Waals surface area (Å²) in [7, 11) is 0. The van der Waals surface area contributed by atoms with E-state index in [0.717, 1.165) is 12.8 Å². The monoisotopic (exact) mass is 286 g/mol. The molecular weight excluding hydrogens is 260 g/mol. The zero-order valence-corrected chi connectivity index (χ0v) is 13.0. The van der Waals surface area contributed by atoms with Gasteiger partial charge in [0, 0.05) is 6.04 Å². The molecule has 0 radical (unpaired) electrons. The van der Waals surface area contributed by atoms with Crippen molar-refractivity contribution in [2.24, 2.45) is 0 Å². The number of hydrogen-bond acceptors (Lipinski definition) is 1. The van der Waals surface area contributed by atoms with Gasteiger partial charge in [0.1, 0.15) is 0 Å². The fraction of sp³-hybridized carbons (Fsp3) is 0.611. The van der Waals surface area contributed by atoms with E-state index in [-0.39, 0.29) is 12.1 Å². The molecule has 2 N–H and O–H groups in total. The van der Waals surface area contributed by atoms with Crippen molar-refractivity contribution < 1.29 is 4.79 Å². The lowest BCUT2D eigenvalue weighted by Gasteiger charge is -2.24. The lowest BCUT2D eigenvalue weighted by atomic mass is 9.96. The summed E-state index contributed by atoms with van der Waals surface area (Å²) < 4.78 is 0. The van der Waals surface area contributed by atoms with Gasteiger partial charge in [-0.2, -0.15) is 0 Å². The Hall–Kier alpha value is -1.51. The number of fused-ring (bicyclic) bond motifs is 1. The third kappa shape index (κ3) is 3.58. The van der Waals surface area contributed by atoms with Crippen LogP contribution in [0.3, 0.4) is 0 Å². The number of urea groups is 1. The highest BCUT2D eigenvalue weighted by Gasteiger charge is 2.18. The molecule has 1 aromatic carbocycles. The summed E-state index contributed by atoms with van der Waals surface area (Å²) in [6.07, 6.45) is 9.70. The maximum Gasteiger partial charge on any atom is 0.315 e. The third-order valence-corrected chi connectivity index (χ3v) is 4.91. The Labute approximate surface area is 127 Å². The summed E-state index contributed by atoms with van der Waals surface area (Å²) in [5, 5.41) is 6.21. The summed E-state index contributed by atoms with van der Waals surface area (Å²) >= 11 is 0. The molecule has 2 aliphatic rings. The highest BCUT2D eigenvalue weighted by molar-refractivity contribution is 5.74. The van der Waals surface area contributed by atoms with Crippen LogP contribution in [0, 0.1) is 0 Å². The molecule has 2 amide bonds. The van der Waals surface area contributed by atoms with Crippen molar-refractivity contribution in [3.8, 4) is 0 Å². The largest absolute Gasteiger partial charge is 0.335 e.